The Labute approximate surface area is 73.4 Å². The molecule has 1 aliphatic rings. The molecule has 0 spiro atoms. The van der Waals surface area contributed by atoms with E-state index < -0.39 is 30.1 Å². The molecule has 0 aromatic rings. The largest absolute Gasteiger partial charge is 0.477 e. The maximum atomic E-state index is 10.5. The first-order chi connectivity index (χ1) is 5.93. The van der Waals surface area contributed by atoms with Gasteiger partial charge in [-0.15, -0.1) is 0 Å². The zero-order valence-electron chi connectivity index (χ0n) is 6.62. The fourth-order valence-electron chi connectivity index (χ4n) is 1.17. The van der Waals surface area contributed by atoms with E-state index in [0.29, 0.717) is 0 Å². The molecule has 0 amide bonds. The second-order valence-corrected chi connectivity index (χ2v) is 2.83. The lowest BCUT2D eigenvalue weighted by Crippen LogP contribution is -2.49. The summed E-state index contributed by atoms with van der Waals surface area (Å²) in [7, 11) is 0. The van der Waals surface area contributed by atoms with Crippen LogP contribution in [0.15, 0.2) is 0 Å². The minimum atomic E-state index is -2.76. The van der Waals surface area contributed by atoms with Crippen LogP contribution in [0.3, 0.4) is 0 Å². The molecular weight excluding hydrogens is 182 g/mol. The Kier molecular flexibility index (Phi) is 2.55. The highest BCUT2D eigenvalue weighted by atomic mass is 16.7. The van der Waals surface area contributed by atoms with Gasteiger partial charge in [-0.05, 0) is 0 Å². The molecule has 0 aromatic carbocycles. The van der Waals surface area contributed by atoms with Crippen LogP contribution in [-0.2, 0) is 9.53 Å². The van der Waals surface area contributed by atoms with Gasteiger partial charge in [0.15, 0.2) is 0 Å². The molecule has 0 radical (unpaired) electrons. The van der Waals surface area contributed by atoms with Gasteiger partial charge in [-0.3, -0.25) is 0 Å². The summed E-state index contributed by atoms with van der Waals surface area (Å²) in [6, 6.07) is 0. The predicted molar refractivity (Wildman–Crippen MR) is 38.5 cm³/mol. The van der Waals surface area contributed by atoms with E-state index in [-0.39, 0.29) is 6.54 Å². The number of hydrogen-bond donors (Lipinski definition) is 5. The van der Waals surface area contributed by atoms with Gasteiger partial charge in [0.05, 0.1) is 0 Å². The number of ether oxygens (including phenoxy) is 1. The minimum Gasteiger partial charge on any atom is -0.477 e. The molecule has 6 N–H and O–H groups in total. The van der Waals surface area contributed by atoms with Crippen molar-refractivity contribution in [3.63, 3.8) is 0 Å². The molecule has 0 saturated carbocycles. The normalized spacial score (nSPS) is 45.1. The van der Waals surface area contributed by atoms with E-state index in [1.54, 1.807) is 0 Å². The van der Waals surface area contributed by atoms with Crippen molar-refractivity contribution in [1.82, 2.24) is 0 Å². The fraction of sp³-hybridized carbons (Fsp3) is 0.833. The van der Waals surface area contributed by atoms with Crippen LogP contribution < -0.4 is 5.73 Å². The first kappa shape index (κ1) is 10.4. The monoisotopic (exact) mass is 193 g/mol. The van der Waals surface area contributed by atoms with E-state index in [9.17, 15) is 9.90 Å². The maximum absolute atomic E-state index is 10.5. The second-order valence-electron chi connectivity index (χ2n) is 2.83. The van der Waals surface area contributed by atoms with Crippen molar-refractivity contribution >= 4 is 5.97 Å². The lowest BCUT2D eigenvalue weighted by Gasteiger charge is -2.19. The molecule has 7 heteroatoms. The summed E-state index contributed by atoms with van der Waals surface area (Å²) in [5, 5.41) is 36.0. The first-order valence-electron chi connectivity index (χ1n) is 3.63. The molecule has 0 aromatic heterocycles. The number of nitrogens with two attached hydrogens (primary N) is 1. The summed E-state index contributed by atoms with van der Waals surface area (Å²) in [5.74, 6) is -4.52. The number of rotatable bonds is 2. The van der Waals surface area contributed by atoms with E-state index in [2.05, 4.69) is 4.74 Å². The van der Waals surface area contributed by atoms with Crippen LogP contribution in [0, 0.1) is 0 Å². The third-order valence-corrected chi connectivity index (χ3v) is 1.98. The summed E-state index contributed by atoms with van der Waals surface area (Å²) in [6.45, 7) is -0.187. The van der Waals surface area contributed by atoms with Gasteiger partial charge in [-0.1, -0.05) is 0 Å². The van der Waals surface area contributed by atoms with Crippen molar-refractivity contribution in [2.45, 2.75) is 24.1 Å². The molecule has 1 saturated heterocycles. The molecule has 1 rings (SSSR count). The highest BCUT2D eigenvalue weighted by Gasteiger charge is 2.58. The molecular formula is C6H11NO6. The number of hydrogen-bond acceptors (Lipinski definition) is 6. The zero-order valence-corrected chi connectivity index (χ0v) is 6.62. The van der Waals surface area contributed by atoms with E-state index in [1.807, 2.05) is 0 Å². The second kappa shape index (κ2) is 3.20. The molecule has 0 aliphatic carbocycles. The smallest absolute Gasteiger partial charge is 0.367 e. The van der Waals surface area contributed by atoms with Gasteiger partial charge >= 0.3 is 5.97 Å². The summed E-state index contributed by atoms with van der Waals surface area (Å²) in [4.78, 5) is 10.5. The molecule has 1 heterocycles. The molecule has 0 bridgehead atoms. The summed E-state index contributed by atoms with van der Waals surface area (Å²) >= 11 is 0. The average Bonchev–Trinajstić information content (AvgIpc) is 2.31. The van der Waals surface area contributed by atoms with Crippen molar-refractivity contribution in [1.29, 1.82) is 0 Å². The maximum Gasteiger partial charge on any atom is 0.367 e. The number of carboxylic acid groups (broad SMARTS) is 1. The quantitative estimate of drug-likeness (QED) is 0.312. The van der Waals surface area contributed by atoms with Gasteiger partial charge in [0.2, 0.25) is 0 Å². The van der Waals surface area contributed by atoms with Crippen LogP contribution in [0.5, 0.6) is 0 Å². The van der Waals surface area contributed by atoms with Gasteiger partial charge in [-0.2, -0.15) is 0 Å². The SMILES string of the molecule is NC[C@@H]1O[C@](O)(C(=O)O)[C@@H](O)[C@@H]1O. The minimum absolute atomic E-state index is 0.187. The number of aliphatic hydroxyl groups excluding tert-OH is 2. The third kappa shape index (κ3) is 1.40. The van der Waals surface area contributed by atoms with Gasteiger partial charge < -0.3 is 30.9 Å². The Morgan fingerprint density at radius 1 is 1.54 bits per heavy atom. The van der Waals surface area contributed by atoms with E-state index in [4.69, 9.17) is 21.1 Å². The van der Waals surface area contributed by atoms with Crippen molar-refractivity contribution < 1.29 is 30.0 Å². The topological polar surface area (TPSA) is 133 Å². The Balaban J connectivity index is 2.87. The fourth-order valence-corrected chi connectivity index (χ4v) is 1.17. The van der Waals surface area contributed by atoms with E-state index in [0.717, 1.165) is 0 Å². The first-order valence-corrected chi connectivity index (χ1v) is 3.63. The predicted octanol–water partition coefficient (Wildman–Crippen LogP) is -3.16. The number of aliphatic hydroxyl groups is 3. The van der Waals surface area contributed by atoms with Gasteiger partial charge in [-0.25, -0.2) is 4.79 Å². The van der Waals surface area contributed by atoms with Crippen LogP contribution in [0.2, 0.25) is 0 Å². The molecule has 4 atom stereocenters. The van der Waals surface area contributed by atoms with Crippen LogP contribution in [0.1, 0.15) is 0 Å². The van der Waals surface area contributed by atoms with Crippen LogP contribution >= 0.6 is 0 Å². The Morgan fingerprint density at radius 3 is 2.31 bits per heavy atom. The summed E-state index contributed by atoms with van der Waals surface area (Å²) in [6.07, 6.45) is -4.46. The van der Waals surface area contributed by atoms with E-state index >= 15 is 0 Å². The van der Waals surface area contributed by atoms with Crippen LogP contribution in [-0.4, -0.2) is 57.0 Å². The molecule has 13 heavy (non-hydrogen) atoms. The molecule has 7 nitrogen and oxygen atoms in total. The zero-order chi connectivity index (χ0) is 10.2. The Morgan fingerprint density at radius 2 is 2.08 bits per heavy atom. The number of carboxylic acids is 1. The number of aliphatic carboxylic acids is 1. The van der Waals surface area contributed by atoms with Crippen LogP contribution in [0.4, 0.5) is 0 Å². The number of carbonyl (C=O) groups is 1. The highest BCUT2D eigenvalue weighted by Crippen LogP contribution is 2.28. The Bertz CT molecular complexity index is 221. The summed E-state index contributed by atoms with van der Waals surface area (Å²) < 4.78 is 4.52. The van der Waals surface area contributed by atoms with Gasteiger partial charge in [0, 0.05) is 6.54 Å². The molecule has 1 aliphatic heterocycles. The third-order valence-electron chi connectivity index (χ3n) is 1.98. The van der Waals surface area contributed by atoms with Crippen molar-refractivity contribution in [3.05, 3.63) is 0 Å². The molecule has 76 valence electrons. The standard InChI is InChI=1S/C6H11NO6/c7-1-2-3(8)4(9)6(12,13-2)5(10)11/h2-4,8-9,12H,1,7H2,(H,10,11)/t2-,3+,4-,6-/m0/s1. The molecule has 0 unspecified atom stereocenters. The van der Waals surface area contributed by atoms with Crippen molar-refractivity contribution in [3.8, 4) is 0 Å². The van der Waals surface area contributed by atoms with E-state index in [1.165, 1.54) is 0 Å². The molecule has 1 fully saturated rings. The Hall–Kier alpha value is -0.730. The highest BCUT2D eigenvalue weighted by molar-refractivity contribution is 5.76. The van der Waals surface area contributed by atoms with Crippen molar-refractivity contribution in [2.24, 2.45) is 5.73 Å². The van der Waals surface area contributed by atoms with Crippen molar-refractivity contribution in [2.75, 3.05) is 6.54 Å². The summed E-state index contributed by atoms with van der Waals surface area (Å²) in [5.41, 5.74) is 5.11. The lowest BCUT2D eigenvalue weighted by atomic mass is 10.1. The average molecular weight is 193 g/mol. The van der Waals surface area contributed by atoms with Gasteiger partial charge in [0.1, 0.15) is 18.3 Å². The lowest BCUT2D eigenvalue weighted by molar-refractivity contribution is -0.237. The van der Waals surface area contributed by atoms with Crippen LogP contribution in [0.25, 0.3) is 0 Å². The van der Waals surface area contributed by atoms with Gasteiger partial charge in [0.25, 0.3) is 5.79 Å².